The maximum absolute atomic E-state index is 12.3. The molecule has 0 aliphatic rings. The number of hydrogen-bond donors (Lipinski definition) is 1. The highest BCUT2D eigenvalue weighted by Crippen LogP contribution is 2.38. The van der Waals surface area contributed by atoms with Crippen molar-refractivity contribution < 1.29 is 13.9 Å². The summed E-state index contributed by atoms with van der Waals surface area (Å²) in [6.45, 7) is 10.4. The second-order valence-electron chi connectivity index (χ2n) is 6.13. The molecule has 3 aromatic rings. The molecular formula is C20H22N2O3S. The first kappa shape index (κ1) is 18.2. The summed E-state index contributed by atoms with van der Waals surface area (Å²) in [5, 5.41) is 6.22. The highest BCUT2D eigenvalue weighted by molar-refractivity contribution is 7.13. The number of benzene rings is 1. The van der Waals surface area contributed by atoms with E-state index in [1.807, 2.05) is 46.1 Å². The lowest BCUT2D eigenvalue weighted by molar-refractivity contribution is -0.111. The summed E-state index contributed by atoms with van der Waals surface area (Å²) in [6.07, 6.45) is 3.23. The number of anilines is 1. The topological polar surface area (TPSA) is 64.4 Å². The van der Waals surface area contributed by atoms with E-state index >= 15 is 0 Å². The normalized spacial score (nSPS) is 11.8. The first-order chi connectivity index (χ1) is 12.4. The maximum atomic E-state index is 12.3. The van der Waals surface area contributed by atoms with Gasteiger partial charge in [-0.2, -0.15) is 0 Å². The minimum absolute atomic E-state index is 0.210. The molecule has 2 aromatic heterocycles. The fraction of sp³-hybridized carbons (Fsp3) is 0.300. The number of aryl methyl sites for hydroxylation is 3. The van der Waals surface area contributed by atoms with E-state index in [0.29, 0.717) is 11.7 Å². The van der Waals surface area contributed by atoms with Gasteiger partial charge >= 0.3 is 0 Å². The van der Waals surface area contributed by atoms with Gasteiger partial charge in [0, 0.05) is 34.2 Å². The molecule has 2 heterocycles. The Morgan fingerprint density at radius 1 is 1.35 bits per heavy atom. The van der Waals surface area contributed by atoms with Crippen LogP contribution in [-0.2, 0) is 4.79 Å². The number of hydrogen-bond acceptors (Lipinski definition) is 5. The van der Waals surface area contributed by atoms with Crippen molar-refractivity contribution in [3.05, 3.63) is 46.2 Å². The van der Waals surface area contributed by atoms with Gasteiger partial charge in [-0.25, -0.2) is 4.98 Å². The van der Waals surface area contributed by atoms with Gasteiger partial charge < -0.3 is 9.15 Å². The molecule has 3 rings (SSSR count). The summed E-state index contributed by atoms with van der Waals surface area (Å²) in [5.74, 6) is 1.44. The number of thiazole rings is 1. The third kappa shape index (κ3) is 3.37. The first-order valence-electron chi connectivity index (χ1n) is 8.47. The van der Waals surface area contributed by atoms with Gasteiger partial charge in [-0.1, -0.05) is 0 Å². The monoisotopic (exact) mass is 370 g/mol. The number of fused-ring (bicyclic) bond motifs is 1. The van der Waals surface area contributed by atoms with E-state index in [2.05, 4.69) is 10.3 Å². The van der Waals surface area contributed by atoms with Crippen LogP contribution in [0.25, 0.3) is 16.5 Å². The number of amides is 1. The number of allylic oxidation sites excluding steroid dienone is 1. The fourth-order valence-corrected chi connectivity index (χ4v) is 3.47. The molecule has 0 aliphatic carbocycles. The van der Waals surface area contributed by atoms with E-state index in [0.717, 1.165) is 44.7 Å². The molecule has 0 fully saturated rings. The Bertz CT molecular complexity index is 985. The Labute approximate surface area is 156 Å². The van der Waals surface area contributed by atoms with Gasteiger partial charge in [-0.15, -0.1) is 11.3 Å². The molecule has 1 amide bonds. The van der Waals surface area contributed by atoms with Crippen LogP contribution < -0.4 is 10.1 Å². The van der Waals surface area contributed by atoms with Gasteiger partial charge in [-0.05, 0) is 51.8 Å². The molecule has 0 bridgehead atoms. The number of ether oxygens (including phenoxy) is 1. The fourth-order valence-electron chi connectivity index (χ4n) is 2.94. The number of aromatic nitrogens is 1. The molecule has 6 heteroatoms. The van der Waals surface area contributed by atoms with Crippen molar-refractivity contribution >= 4 is 38.9 Å². The van der Waals surface area contributed by atoms with E-state index in [9.17, 15) is 4.79 Å². The molecule has 5 nitrogen and oxygen atoms in total. The molecule has 0 radical (unpaired) electrons. The summed E-state index contributed by atoms with van der Waals surface area (Å²) in [7, 11) is 0. The Hall–Kier alpha value is -2.60. The predicted molar refractivity (Wildman–Crippen MR) is 106 cm³/mol. The van der Waals surface area contributed by atoms with Crippen molar-refractivity contribution in [3.63, 3.8) is 0 Å². The molecular weight excluding hydrogens is 348 g/mol. The van der Waals surface area contributed by atoms with E-state index in [1.54, 1.807) is 12.3 Å². The van der Waals surface area contributed by atoms with Crippen LogP contribution in [0.2, 0.25) is 0 Å². The summed E-state index contributed by atoms with van der Waals surface area (Å²) in [6, 6.07) is 2.04. The van der Waals surface area contributed by atoms with Crippen molar-refractivity contribution in [1.82, 2.24) is 4.98 Å². The van der Waals surface area contributed by atoms with Crippen LogP contribution >= 0.6 is 11.3 Å². The van der Waals surface area contributed by atoms with Crippen molar-refractivity contribution in [2.24, 2.45) is 0 Å². The molecule has 0 aliphatic heterocycles. The average Bonchev–Trinajstić information content (AvgIpc) is 3.19. The van der Waals surface area contributed by atoms with Crippen molar-refractivity contribution in [3.8, 4) is 5.75 Å². The summed E-state index contributed by atoms with van der Waals surface area (Å²) >= 11 is 1.39. The molecule has 1 N–H and O–H groups in total. The SMILES string of the molecule is CCOc1c(/C(C)=C/C(=O)Nc2nccs2)cc2c(C)c(C)oc2c1C. The van der Waals surface area contributed by atoms with Gasteiger partial charge in [0.15, 0.2) is 5.13 Å². The lowest BCUT2D eigenvalue weighted by Crippen LogP contribution is -2.08. The Kier molecular flexibility index (Phi) is 5.13. The molecule has 0 saturated carbocycles. The van der Waals surface area contributed by atoms with Crippen LogP contribution in [0.5, 0.6) is 5.75 Å². The van der Waals surface area contributed by atoms with E-state index in [1.165, 1.54) is 11.3 Å². The molecule has 0 spiro atoms. The standard InChI is InChI=1S/C20H22N2O3S/c1-6-24-18-13(4)19-16(12(3)14(5)25-19)10-15(18)11(2)9-17(23)22-20-21-7-8-26-20/h7-10H,6H2,1-5H3,(H,21,22,23)/b11-9+. The lowest BCUT2D eigenvalue weighted by atomic mass is 9.98. The quantitative estimate of drug-likeness (QED) is 0.623. The molecule has 26 heavy (non-hydrogen) atoms. The Morgan fingerprint density at radius 3 is 2.77 bits per heavy atom. The average molecular weight is 370 g/mol. The van der Waals surface area contributed by atoms with Gasteiger partial charge in [0.2, 0.25) is 5.91 Å². The molecule has 136 valence electrons. The number of furan rings is 1. The lowest BCUT2D eigenvalue weighted by Gasteiger charge is -2.14. The van der Waals surface area contributed by atoms with E-state index in [4.69, 9.17) is 9.15 Å². The van der Waals surface area contributed by atoms with Gasteiger partial charge in [0.1, 0.15) is 17.1 Å². The van der Waals surface area contributed by atoms with Gasteiger partial charge in [0.25, 0.3) is 0 Å². The zero-order valence-electron chi connectivity index (χ0n) is 15.6. The zero-order valence-corrected chi connectivity index (χ0v) is 16.4. The minimum atomic E-state index is -0.210. The number of nitrogens with zero attached hydrogens (tertiary/aromatic N) is 1. The van der Waals surface area contributed by atoms with Crippen molar-refractivity contribution in [1.29, 1.82) is 0 Å². The second kappa shape index (κ2) is 7.33. The van der Waals surface area contributed by atoms with E-state index in [-0.39, 0.29) is 5.91 Å². The Morgan fingerprint density at radius 2 is 2.12 bits per heavy atom. The van der Waals surface area contributed by atoms with Gasteiger partial charge in [0.05, 0.1) is 6.61 Å². The molecule has 0 atom stereocenters. The third-order valence-electron chi connectivity index (χ3n) is 4.37. The first-order valence-corrected chi connectivity index (χ1v) is 9.35. The van der Waals surface area contributed by atoms with Crippen LogP contribution in [0.15, 0.2) is 28.1 Å². The number of nitrogens with one attached hydrogen (secondary N) is 1. The van der Waals surface area contributed by atoms with Crippen molar-refractivity contribution in [2.75, 3.05) is 11.9 Å². The molecule has 0 unspecified atom stereocenters. The Balaban J connectivity index is 2.06. The van der Waals surface area contributed by atoms with Crippen molar-refractivity contribution in [2.45, 2.75) is 34.6 Å². The maximum Gasteiger partial charge on any atom is 0.250 e. The van der Waals surface area contributed by atoms with Crippen LogP contribution in [0.1, 0.15) is 36.3 Å². The number of carbonyl (C=O) groups is 1. The minimum Gasteiger partial charge on any atom is -0.493 e. The highest BCUT2D eigenvalue weighted by atomic mass is 32.1. The smallest absolute Gasteiger partial charge is 0.250 e. The third-order valence-corrected chi connectivity index (χ3v) is 5.06. The highest BCUT2D eigenvalue weighted by Gasteiger charge is 2.18. The van der Waals surface area contributed by atoms with E-state index < -0.39 is 0 Å². The summed E-state index contributed by atoms with van der Waals surface area (Å²) in [4.78, 5) is 16.4. The van der Waals surface area contributed by atoms with Gasteiger partial charge in [-0.3, -0.25) is 10.1 Å². The molecule has 1 aromatic carbocycles. The number of rotatable bonds is 5. The summed E-state index contributed by atoms with van der Waals surface area (Å²) in [5.41, 5.74) is 4.61. The second-order valence-corrected chi connectivity index (χ2v) is 7.02. The number of carbonyl (C=O) groups excluding carboxylic acids is 1. The largest absolute Gasteiger partial charge is 0.493 e. The predicted octanol–water partition coefficient (Wildman–Crippen LogP) is 5.26. The van der Waals surface area contributed by atoms with Crippen LogP contribution in [0.4, 0.5) is 5.13 Å². The summed E-state index contributed by atoms with van der Waals surface area (Å²) < 4.78 is 11.8. The zero-order chi connectivity index (χ0) is 18.8. The van der Waals surface area contributed by atoms with Crippen LogP contribution in [0.3, 0.4) is 0 Å². The van der Waals surface area contributed by atoms with Crippen LogP contribution in [0, 0.1) is 20.8 Å². The molecule has 0 saturated heterocycles. The van der Waals surface area contributed by atoms with Crippen LogP contribution in [-0.4, -0.2) is 17.5 Å².